The van der Waals surface area contributed by atoms with Crippen molar-refractivity contribution in [3.63, 3.8) is 0 Å². The highest BCUT2D eigenvalue weighted by Crippen LogP contribution is 2.21. The lowest BCUT2D eigenvalue weighted by atomic mass is 9.92. The second kappa shape index (κ2) is 7.34. The van der Waals surface area contributed by atoms with Gasteiger partial charge in [0.1, 0.15) is 5.75 Å². The van der Waals surface area contributed by atoms with Crippen LogP contribution in [0.3, 0.4) is 0 Å². The molecule has 0 amide bonds. The first-order valence-electron chi connectivity index (χ1n) is 7.89. The molecule has 0 spiro atoms. The van der Waals surface area contributed by atoms with Crippen LogP contribution in [0.4, 0.5) is 0 Å². The molecule has 1 fully saturated rings. The first kappa shape index (κ1) is 15.7. The van der Waals surface area contributed by atoms with Gasteiger partial charge in [0.05, 0.1) is 6.54 Å². The summed E-state index contributed by atoms with van der Waals surface area (Å²) in [5.41, 5.74) is 1.11. The van der Waals surface area contributed by atoms with Crippen molar-refractivity contribution < 1.29 is 5.11 Å². The largest absolute Gasteiger partial charge is 0.508 e. The third kappa shape index (κ3) is 4.66. The molecule has 0 saturated carbocycles. The Morgan fingerprint density at radius 2 is 1.86 bits per heavy atom. The van der Waals surface area contributed by atoms with Crippen molar-refractivity contribution in [2.75, 3.05) is 19.6 Å². The van der Waals surface area contributed by atoms with Gasteiger partial charge in [0, 0.05) is 19.6 Å². The highest BCUT2D eigenvalue weighted by Gasteiger charge is 2.23. The highest BCUT2D eigenvalue weighted by molar-refractivity contribution is 5.80. The Morgan fingerprint density at radius 1 is 1.24 bits per heavy atom. The lowest BCUT2D eigenvalue weighted by molar-refractivity contribution is 0.208. The van der Waals surface area contributed by atoms with Crippen molar-refractivity contribution >= 4 is 5.96 Å². The highest BCUT2D eigenvalue weighted by atomic mass is 16.3. The molecular weight excluding hydrogens is 262 g/mol. The van der Waals surface area contributed by atoms with Crippen LogP contribution in [0.15, 0.2) is 29.3 Å². The number of nitrogens with one attached hydrogen (secondary N) is 1. The van der Waals surface area contributed by atoms with E-state index in [-0.39, 0.29) is 0 Å². The van der Waals surface area contributed by atoms with Crippen molar-refractivity contribution in [2.24, 2.45) is 16.8 Å². The maximum Gasteiger partial charge on any atom is 0.194 e. The number of phenolic OH excluding ortho intramolecular Hbond substituents is 1. The number of aromatic hydroxyl groups is 1. The van der Waals surface area contributed by atoms with Gasteiger partial charge in [-0.25, -0.2) is 4.99 Å². The number of likely N-dealkylation sites (tertiary alicyclic amines) is 1. The molecule has 2 atom stereocenters. The summed E-state index contributed by atoms with van der Waals surface area (Å²) in [6.07, 6.45) is 1.30. The molecule has 2 rings (SSSR count). The molecule has 0 radical (unpaired) electrons. The molecular formula is C17H27N3O. The van der Waals surface area contributed by atoms with Crippen LogP contribution in [0.5, 0.6) is 5.75 Å². The van der Waals surface area contributed by atoms with Crippen LogP contribution in [-0.2, 0) is 6.54 Å². The molecule has 0 aliphatic carbocycles. The van der Waals surface area contributed by atoms with E-state index in [1.54, 1.807) is 12.1 Å². The molecule has 1 aromatic carbocycles. The van der Waals surface area contributed by atoms with E-state index >= 15 is 0 Å². The van der Waals surface area contributed by atoms with Crippen molar-refractivity contribution in [1.29, 1.82) is 0 Å². The van der Waals surface area contributed by atoms with Gasteiger partial charge in [0.15, 0.2) is 5.96 Å². The van der Waals surface area contributed by atoms with Gasteiger partial charge in [-0.3, -0.25) is 0 Å². The summed E-state index contributed by atoms with van der Waals surface area (Å²) < 4.78 is 0. The van der Waals surface area contributed by atoms with Crippen LogP contribution >= 0.6 is 0 Å². The van der Waals surface area contributed by atoms with Gasteiger partial charge in [0.25, 0.3) is 0 Å². The molecule has 21 heavy (non-hydrogen) atoms. The summed E-state index contributed by atoms with van der Waals surface area (Å²) in [7, 11) is 0. The van der Waals surface area contributed by atoms with E-state index in [4.69, 9.17) is 4.99 Å². The zero-order valence-electron chi connectivity index (χ0n) is 13.3. The number of phenols is 1. The number of piperidine rings is 1. The Kier molecular flexibility index (Phi) is 5.48. The number of hydrogen-bond acceptors (Lipinski definition) is 2. The van der Waals surface area contributed by atoms with E-state index in [1.807, 2.05) is 12.1 Å². The van der Waals surface area contributed by atoms with Gasteiger partial charge in [-0.1, -0.05) is 26.0 Å². The normalized spacial score (nSPS) is 23.2. The van der Waals surface area contributed by atoms with Crippen LogP contribution in [0.2, 0.25) is 0 Å². The SMILES string of the molecule is CCNC(=NCc1ccc(O)cc1)N1CC(C)CC(C)C1. The molecule has 1 aromatic rings. The standard InChI is InChI=1S/C17H27N3O/c1-4-18-17(20-11-13(2)9-14(3)12-20)19-10-15-5-7-16(21)8-6-15/h5-8,13-14,21H,4,9-12H2,1-3H3,(H,18,19). The van der Waals surface area contributed by atoms with E-state index in [1.165, 1.54) is 6.42 Å². The Morgan fingerprint density at radius 3 is 2.43 bits per heavy atom. The first-order valence-corrected chi connectivity index (χ1v) is 7.89. The first-order chi connectivity index (χ1) is 10.1. The van der Waals surface area contributed by atoms with E-state index in [0.29, 0.717) is 24.1 Å². The van der Waals surface area contributed by atoms with E-state index in [2.05, 4.69) is 31.0 Å². The minimum atomic E-state index is 0.299. The molecule has 0 aromatic heterocycles. The van der Waals surface area contributed by atoms with Gasteiger partial charge in [0.2, 0.25) is 0 Å². The fourth-order valence-electron chi connectivity index (χ4n) is 3.03. The molecule has 2 N–H and O–H groups in total. The third-order valence-electron chi connectivity index (χ3n) is 3.85. The lowest BCUT2D eigenvalue weighted by Crippen LogP contribution is -2.48. The second-order valence-electron chi connectivity index (χ2n) is 6.19. The molecule has 1 saturated heterocycles. The molecule has 4 heteroatoms. The van der Waals surface area contributed by atoms with Gasteiger partial charge < -0.3 is 15.3 Å². The minimum absolute atomic E-state index is 0.299. The molecule has 116 valence electrons. The zero-order chi connectivity index (χ0) is 15.2. The van der Waals surface area contributed by atoms with Crippen LogP contribution < -0.4 is 5.32 Å². The molecule has 4 nitrogen and oxygen atoms in total. The minimum Gasteiger partial charge on any atom is -0.508 e. The number of rotatable bonds is 3. The van der Waals surface area contributed by atoms with Crippen LogP contribution in [0, 0.1) is 11.8 Å². The third-order valence-corrected chi connectivity index (χ3v) is 3.85. The monoisotopic (exact) mass is 289 g/mol. The predicted octanol–water partition coefficient (Wildman–Crippen LogP) is 2.84. The quantitative estimate of drug-likeness (QED) is 0.664. The van der Waals surface area contributed by atoms with Crippen molar-refractivity contribution in [2.45, 2.75) is 33.7 Å². The number of benzene rings is 1. The van der Waals surface area contributed by atoms with Crippen molar-refractivity contribution in [3.05, 3.63) is 29.8 Å². The Bertz CT molecular complexity index is 459. The van der Waals surface area contributed by atoms with Crippen molar-refractivity contribution in [1.82, 2.24) is 10.2 Å². The Balaban J connectivity index is 2.06. The number of aliphatic imine (C=N–C) groups is 1. The lowest BCUT2D eigenvalue weighted by Gasteiger charge is -2.37. The number of hydrogen-bond donors (Lipinski definition) is 2. The molecule has 1 aliphatic heterocycles. The average Bonchev–Trinajstić information content (AvgIpc) is 2.44. The summed E-state index contributed by atoms with van der Waals surface area (Å²) in [4.78, 5) is 7.13. The topological polar surface area (TPSA) is 47.9 Å². The molecule has 0 bridgehead atoms. The second-order valence-corrected chi connectivity index (χ2v) is 6.19. The molecule has 1 heterocycles. The van der Waals surface area contributed by atoms with Crippen LogP contribution in [0.25, 0.3) is 0 Å². The summed E-state index contributed by atoms with van der Waals surface area (Å²) >= 11 is 0. The van der Waals surface area contributed by atoms with Gasteiger partial charge in [-0.05, 0) is 42.9 Å². The molecule has 1 aliphatic rings. The predicted molar refractivity (Wildman–Crippen MR) is 87.4 cm³/mol. The van der Waals surface area contributed by atoms with E-state index in [9.17, 15) is 5.11 Å². The summed E-state index contributed by atoms with van der Waals surface area (Å²) in [5.74, 6) is 2.73. The van der Waals surface area contributed by atoms with Crippen molar-refractivity contribution in [3.8, 4) is 5.75 Å². The van der Waals surface area contributed by atoms with E-state index in [0.717, 1.165) is 31.2 Å². The maximum absolute atomic E-state index is 9.32. The summed E-state index contributed by atoms with van der Waals surface area (Å²) in [5, 5.41) is 12.7. The summed E-state index contributed by atoms with van der Waals surface area (Å²) in [6.45, 7) is 10.4. The maximum atomic E-state index is 9.32. The van der Waals surface area contributed by atoms with Gasteiger partial charge in [-0.2, -0.15) is 0 Å². The Hall–Kier alpha value is -1.71. The van der Waals surface area contributed by atoms with Gasteiger partial charge in [-0.15, -0.1) is 0 Å². The molecule has 2 unspecified atom stereocenters. The average molecular weight is 289 g/mol. The fraction of sp³-hybridized carbons (Fsp3) is 0.588. The number of guanidine groups is 1. The van der Waals surface area contributed by atoms with Crippen LogP contribution in [-0.4, -0.2) is 35.6 Å². The van der Waals surface area contributed by atoms with Crippen LogP contribution in [0.1, 0.15) is 32.8 Å². The van der Waals surface area contributed by atoms with E-state index < -0.39 is 0 Å². The fourth-order valence-corrected chi connectivity index (χ4v) is 3.03. The van der Waals surface area contributed by atoms with Gasteiger partial charge >= 0.3 is 0 Å². The zero-order valence-corrected chi connectivity index (χ0v) is 13.3. The Labute approximate surface area is 127 Å². The smallest absolute Gasteiger partial charge is 0.194 e. The number of nitrogens with zero attached hydrogens (tertiary/aromatic N) is 2. The summed E-state index contributed by atoms with van der Waals surface area (Å²) in [6, 6.07) is 7.26.